The molecule has 19 heteroatoms. The Kier molecular flexibility index (Phi) is 15.5. The summed E-state index contributed by atoms with van der Waals surface area (Å²) in [5.74, 6) is 0.384. The molecule has 19 nitrogen and oxygen atoms in total. The van der Waals surface area contributed by atoms with Gasteiger partial charge in [-0.15, -0.1) is 0 Å². The lowest BCUT2D eigenvalue weighted by molar-refractivity contribution is -0.156. The first kappa shape index (κ1) is 46.9. The number of esters is 1. The minimum atomic E-state index is -0.621. The lowest BCUT2D eigenvalue weighted by Crippen LogP contribution is -2.24. The predicted molar refractivity (Wildman–Crippen MR) is 242 cm³/mol. The number of anilines is 1. The summed E-state index contributed by atoms with van der Waals surface area (Å²) in [7, 11) is 3.39. The molecule has 0 spiro atoms. The van der Waals surface area contributed by atoms with E-state index >= 15 is 0 Å². The van der Waals surface area contributed by atoms with Crippen molar-refractivity contribution >= 4 is 56.7 Å². The van der Waals surface area contributed by atoms with Crippen LogP contribution in [0, 0.1) is 6.92 Å². The van der Waals surface area contributed by atoms with Crippen LogP contribution in [0.25, 0.3) is 44.5 Å². The van der Waals surface area contributed by atoms with Crippen molar-refractivity contribution in [1.82, 2.24) is 33.9 Å². The number of allylic oxidation sites excluding steroid dienone is 2. The second-order valence-electron chi connectivity index (χ2n) is 15.8. The number of nitrogens with zero attached hydrogens (tertiary/aromatic N) is 7. The molecule has 0 atom stereocenters. The normalized spacial score (nSPS) is 11.9. The second kappa shape index (κ2) is 21.2. The van der Waals surface area contributed by atoms with Gasteiger partial charge < -0.3 is 54.3 Å². The molecule has 0 bridgehead atoms. The molecule has 0 fully saturated rings. The number of benzene rings is 2. The number of nitrogens with one attached hydrogen (secondary N) is 1. The molecule has 0 aliphatic heterocycles. The van der Waals surface area contributed by atoms with Crippen molar-refractivity contribution in [3.8, 4) is 23.0 Å². The summed E-state index contributed by atoms with van der Waals surface area (Å²) in [6, 6.07) is 8.59. The van der Waals surface area contributed by atoms with Gasteiger partial charge in [-0.25, -0.2) is 15.0 Å². The fourth-order valence-corrected chi connectivity index (χ4v) is 7.16. The molecule has 4 heterocycles. The van der Waals surface area contributed by atoms with Crippen LogP contribution < -0.4 is 26.3 Å². The van der Waals surface area contributed by atoms with Gasteiger partial charge in [-0.3, -0.25) is 19.1 Å². The van der Waals surface area contributed by atoms with Crippen LogP contribution in [0.5, 0.6) is 11.5 Å². The molecule has 2 aromatic carbocycles. The number of imidazole rings is 1. The third-order valence-corrected chi connectivity index (χ3v) is 9.91. The number of amides is 2. The summed E-state index contributed by atoms with van der Waals surface area (Å²) in [6.45, 7) is 12.8. The van der Waals surface area contributed by atoms with Gasteiger partial charge in [-0.1, -0.05) is 12.2 Å². The molecule has 5 N–H and O–H groups in total. The molecule has 0 unspecified atom stereocenters. The summed E-state index contributed by atoms with van der Waals surface area (Å²) in [6.07, 6.45) is 6.53. The highest BCUT2D eigenvalue weighted by atomic mass is 16.6. The van der Waals surface area contributed by atoms with Gasteiger partial charge in [-0.05, 0) is 65.0 Å². The minimum absolute atomic E-state index is 0.150. The van der Waals surface area contributed by atoms with Crippen LogP contribution in [0.3, 0.4) is 0 Å². The Hall–Kier alpha value is -6.57. The molecule has 2 amide bonds. The van der Waals surface area contributed by atoms with Gasteiger partial charge >= 0.3 is 5.97 Å². The van der Waals surface area contributed by atoms with E-state index in [4.69, 9.17) is 54.8 Å². The zero-order valence-electron chi connectivity index (χ0n) is 37.6. The van der Waals surface area contributed by atoms with Gasteiger partial charge in [0.1, 0.15) is 40.6 Å². The Morgan fingerprint density at radius 3 is 2.12 bits per heavy atom. The molecule has 4 aromatic heterocycles. The number of nitrogens with two attached hydrogens (primary N) is 2. The van der Waals surface area contributed by atoms with E-state index < -0.39 is 17.4 Å². The van der Waals surface area contributed by atoms with E-state index in [1.807, 2.05) is 66.7 Å². The van der Waals surface area contributed by atoms with Crippen molar-refractivity contribution in [2.45, 2.75) is 72.7 Å². The van der Waals surface area contributed by atoms with E-state index in [1.54, 1.807) is 44.6 Å². The smallest absolute Gasteiger partial charge is 0.308 e. The molecule has 0 radical (unpaired) electrons. The molecule has 0 aliphatic carbocycles. The van der Waals surface area contributed by atoms with Crippen molar-refractivity contribution in [3.63, 3.8) is 0 Å². The van der Waals surface area contributed by atoms with Gasteiger partial charge in [0.15, 0.2) is 5.82 Å². The van der Waals surface area contributed by atoms with Crippen LogP contribution in [0.2, 0.25) is 0 Å². The summed E-state index contributed by atoms with van der Waals surface area (Å²) in [5.41, 5.74) is 15.7. The van der Waals surface area contributed by atoms with Crippen LogP contribution >= 0.6 is 0 Å². The van der Waals surface area contributed by atoms with E-state index in [0.717, 1.165) is 22.3 Å². The zero-order chi connectivity index (χ0) is 46.0. The Morgan fingerprint density at radius 1 is 0.797 bits per heavy atom. The molecule has 0 saturated heterocycles. The van der Waals surface area contributed by atoms with Crippen molar-refractivity contribution in [1.29, 1.82) is 0 Å². The molecular weight excluding hydrogens is 825 g/mol. The van der Waals surface area contributed by atoms with Gasteiger partial charge in [0, 0.05) is 74.9 Å². The Labute approximate surface area is 371 Å². The van der Waals surface area contributed by atoms with Crippen LogP contribution in [-0.4, -0.2) is 118 Å². The molecule has 64 heavy (non-hydrogen) atoms. The van der Waals surface area contributed by atoms with Crippen molar-refractivity contribution in [3.05, 3.63) is 65.5 Å². The predicted octanol–water partition coefficient (Wildman–Crippen LogP) is 5.18. The zero-order valence-corrected chi connectivity index (χ0v) is 37.6. The number of primary amides is 2. The monoisotopic (exact) mass is 882 g/mol. The SMILES string of the molecule is CCn1nc(C)cc1-c1ncc2c3cc(C(N)=O)cc(OCCCOC)c3n(C/C=C/Cn3c(NC)nc4cc(C(N)=O)cc(OCCOCCOCCC(=O)OC(C)(C)C)c43)c2n1. The first-order valence-corrected chi connectivity index (χ1v) is 21.2. The number of carbonyl (C=O) groups excluding carboxylic acids is 3. The number of hydrogen-bond acceptors (Lipinski definition) is 14. The average Bonchev–Trinajstić information content (AvgIpc) is 3.92. The van der Waals surface area contributed by atoms with Crippen LogP contribution in [0.4, 0.5) is 5.95 Å². The molecule has 0 saturated carbocycles. The van der Waals surface area contributed by atoms with Crippen LogP contribution in [0.15, 0.2) is 48.7 Å². The first-order chi connectivity index (χ1) is 30.7. The Balaban J connectivity index is 1.26. The van der Waals surface area contributed by atoms with Gasteiger partial charge in [0.05, 0.1) is 56.2 Å². The largest absolute Gasteiger partial charge is 0.491 e. The van der Waals surface area contributed by atoms with E-state index in [-0.39, 0.29) is 44.4 Å². The fraction of sp³-hybridized carbons (Fsp3) is 0.444. The number of rotatable bonds is 24. The molecule has 0 aliphatic rings. The summed E-state index contributed by atoms with van der Waals surface area (Å²) in [4.78, 5) is 51.4. The molecule has 6 aromatic rings. The van der Waals surface area contributed by atoms with Crippen LogP contribution in [0.1, 0.15) is 66.9 Å². The highest BCUT2D eigenvalue weighted by Crippen LogP contribution is 2.37. The summed E-state index contributed by atoms with van der Waals surface area (Å²) >= 11 is 0. The summed E-state index contributed by atoms with van der Waals surface area (Å²) in [5, 5.41) is 9.19. The average molecular weight is 883 g/mol. The number of carbonyl (C=O) groups is 3. The molecule has 342 valence electrons. The fourth-order valence-electron chi connectivity index (χ4n) is 7.16. The quantitative estimate of drug-likeness (QED) is 0.0404. The van der Waals surface area contributed by atoms with Crippen LogP contribution in [-0.2, 0) is 43.4 Å². The van der Waals surface area contributed by atoms with Crippen molar-refractivity contribution in [2.75, 3.05) is 65.7 Å². The minimum Gasteiger partial charge on any atom is -0.491 e. The van der Waals surface area contributed by atoms with Gasteiger partial charge in [-0.2, -0.15) is 5.10 Å². The van der Waals surface area contributed by atoms with E-state index in [9.17, 15) is 14.4 Å². The lowest BCUT2D eigenvalue weighted by atomic mass is 10.1. The Morgan fingerprint density at radius 2 is 1.45 bits per heavy atom. The van der Waals surface area contributed by atoms with Gasteiger partial charge in [0.2, 0.25) is 17.8 Å². The number of fused-ring (bicyclic) bond motifs is 4. The topological polar surface area (TPSA) is 237 Å². The highest BCUT2D eigenvalue weighted by molar-refractivity contribution is 6.11. The van der Waals surface area contributed by atoms with E-state index in [0.29, 0.717) is 96.8 Å². The first-order valence-electron chi connectivity index (χ1n) is 21.2. The maximum absolute atomic E-state index is 12.6. The second-order valence-corrected chi connectivity index (χ2v) is 15.8. The number of hydrogen-bond donors (Lipinski definition) is 3. The molecular formula is C45H58N10O9. The number of methoxy groups -OCH3 is 1. The van der Waals surface area contributed by atoms with E-state index in [1.165, 1.54) is 0 Å². The van der Waals surface area contributed by atoms with E-state index in [2.05, 4.69) is 10.4 Å². The molecule has 6 rings (SSSR count). The maximum atomic E-state index is 12.6. The maximum Gasteiger partial charge on any atom is 0.308 e. The summed E-state index contributed by atoms with van der Waals surface area (Å²) < 4.78 is 40.1. The third kappa shape index (κ3) is 11.3. The highest BCUT2D eigenvalue weighted by Gasteiger charge is 2.22. The number of ether oxygens (including phenoxy) is 6. The van der Waals surface area contributed by atoms with Crippen molar-refractivity contribution < 1.29 is 42.8 Å². The number of aryl methyl sites for hydroxylation is 2. The number of aromatic nitrogens is 7. The third-order valence-electron chi connectivity index (χ3n) is 9.91. The standard InChI is InChI=1S/C45H58N10O9/c1-8-55-34(22-28(2)52-55)42-49-27-32-31-23-29(40(46)57)25-35(62-16-11-15-59-7)38(31)53(43(32)51-42)13-9-10-14-54-39-33(50-44(54)48-6)24-30(41(47)58)26-36(39)63-21-20-61-19-18-60-17-12-37(56)64-45(3,4)5/h9-10,22-27H,8,11-21H2,1-7H3,(H2,46,57)(H2,47,58)(H,48,50)/b10-9+. The van der Waals surface area contributed by atoms with Crippen molar-refractivity contribution in [2.24, 2.45) is 11.5 Å². The Bertz CT molecular complexity index is 2640. The van der Waals surface area contributed by atoms with Gasteiger partial charge in [0.25, 0.3) is 0 Å². The lowest BCUT2D eigenvalue weighted by Gasteiger charge is -2.19.